The van der Waals surface area contributed by atoms with Crippen molar-refractivity contribution in [1.29, 1.82) is 0 Å². The Bertz CT molecular complexity index is 1110. The Kier molecular flexibility index (Phi) is 6.55. The number of alkyl carbamates (subject to hydrolysis) is 1. The molecule has 8 nitrogen and oxygen atoms in total. The second-order valence-electron chi connectivity index (χ2n) is 9.30. The van der Waals surface area contributed by atoms with Crippen molar-refractivity contribution in [3.8, 4) is 11.1 Å². The molecule has 1 saturated heterocycles. The molecule has 0 spiro atoms. The van der Waals surface area contributed by atoms with Crippen molar-refractivity contribution in [1.82, 2.24) is 15.1 Å². The molecule has 5 rings (SSSR count). The van der Waals surface area contributed by atoms with Gasteiger partial charge in [-0.3, -0.25) is 14.5 Å². The lowest BCUT2D eigenvalue weighted by Crippen LogP contribution is -2.51. The molecule has 2 atom stereocenters. The molecule has 1 aliphatic heterocycles. The van der Waals surface area contributed by atoms with Crippen molar-refractivity contribution in [2.24, 2.45) is 5.92 Å². The molecule has 182 valence electrons. The SMILES string of the molecule is O=C(O)CN1CCN(C(=O)C2C=CC(NC(=O)OCC3c4ccccc4-c4ccccc43)C2)CC1. The number of hydrogen-bond donors (Lipinski definition) is 2. The fourth-order valence-electron chi connectivity index (χ4n) is 5.33. The van der Waals surface area contributed by atoms with Crippen molar-refractivity contribution < 1.29 is 24.2 Å². The van der Waals surface area contributed by atoms with Gasteiger partial charge in [0.25, 0.3) is 0 Å². The monoisotopic (exact) mass is 475 g/mol. The number of fused-ring (bicyclic) bond motifs is 3. The predicted octanol–water partition coefficient (Wildman–Crippen LogP) is 2.70. The summed E-state index contributed by atoms with van der Waals surface area (Å²) >= 11 is 0. The first-order valence-electron chi connectivity index (χ1n) is 12.0. The summed E-state index contributed by atoms with van der Waals surface area (Å²) in [5, 5.41) is 11.8. The minimum absolute atomic E-state index is 0.00129. The Morgan fingerprint density at radius 2 is 1.54 bits per heavy atom. The summed E-state index contributed by atoms with van der Waals surface area (Å²) in [6.45, 7) is 2.38. The average molecular weight is 476 g/mol. The molecule has 0 saturated carbocycles. The third-order valence-electron chi connectivity index (χ3n) is 7.09. The van der Waals surface area contributed by atoms with Crippen LogP contribution in [0.2, 0.25) is 0 Å². The summed E-state index contributed by atoms with van der Waals surface area (Å²) in [7, 11) is 0. The van der Waals surface area contributed by atoms with Crippen molar-refractivity contribution in [3.63, 3.8) is 0 Å². The smallest absolute Gasteiger partial charge is 0.407 e. The van der Waals surface area contributed by atoms with Gasteiger partial charge in [0.05, 0.1) is 18.5 Å². The van der Waals surface area contributed by atoms with Crippen LogP contribution in [0.3, 0.4) is 0 Å². The van der Waals surface area contributed by atoms with Crippen LogP contribution in [-0.2, 0) is 14.3 Å². The van der Waals surface area contributed by atoms with Crippen LogP contribution in [0.25, 0.3) is 11.1 Å². The van der Waals surface area contributed by atoms with Crippen LogP contribution in [-0.4, -0.2) is 78.2 Å². The number of benzene rings is 2. The van der Waals surface area contributed by atoms with E-state index in [0.717, 1.165) is 11.1 Å². The van der Waals surface area contributed by atoms with E-state index in [1.165, 1.54) is 11.1 Å². The number of nitrogens with zero attached hydrogens (tertiary/aromatic N) is 2. The quantitative estimate of drug-likeness (QED) is 0.624. The summed E-state index contributed by atoms with van der Waals surface area (Å²) < 4.78 is 5.62. The first-order valence-corrected chi connectivity index (χ1v) is 12.0. The van der Waals surface area contributed by atoms with E-state index in [1.807, 2.05) is 41.3 Å². The Hall–Kier alpha value is -3.65. The van der Waals surface area contributed by atoms with E-state index >= 15 is 0 Å². The lowest BCUT2D eigenvalue weighted by Gasteiger charge is -2.35. The van der Waals surface area contributed by atoms with Gasteiger partial charge < -0.3 is 20.1 Å². The molecule has 0 bridgehead atoms. The van der Waals surface area contributed by atoms with E-state index in [9.17, 15) is 14.4 Å². The number of rotatable bonds is 6. The summed E-state index contributed by atoms with van der Waals surface area (Å²) in [5.41, 5.74) is 4.69. The number of hydrogen-bond acceptors (Lipinski definition) is 5. The molecule has 2 aromatic carbocycles. The van der Waals surface area contributed by atoms with E-state index in [2.05, 4.69) is 29.6 Å². The largest absolute Gasteiger partial charge is 0.480 e. The molecular weight excluding hydrogens is 446 g/mol. The van der Waals surface area contributed by atoms with Crippen molar-refractivity contribution >= 4 is 18.0 Å². The topological polar surface area (TPSA) is 99.2 Å². The number of amides is 2. The van der Waals surface area contributed by atoms with Gasteiger partial charge in [0.1, 0.15) is 6.61 Å². The molecule has 1 fully saturated rings. The number of carbonyl (C=O) groups excluding carboxylic acids is 2. The van der Waals surface area contributed by atoms with Gasteiger partial charge in [-0.2, -0.15) is 0 Å². The number of carbonyl (C=O) groups is 3. The normalized spacial score (nSPS) is 21.4. The average Bonchev–Trinajstić information content (AvgIpc) is 3.45. The third kappa shape index (κ3) is 4.93. The van der Waals surface area contributed by atoms with Gasteiger partial charge in [-0.25, -0.2) is 4.79 Å². The maximum Gasteiger partial charge on any atom is 0.407 e. The Morgan fingerprint density at radius 3 is 2.17 bits per heavy atom. The zero-order valence-electron chi connectivity index (χ0n) is 19.4. The highest BCUT2D eigenvalue weighted by atomic mass is 16.5. The van der Waals surface area contributed by atoms with Crippen LogP contribution < -0.4 is 5.32 Å². The van der Waals surface area contributed by atoms with Gasteiger partial charge in [-0.1, -0.05) is 60.7 Å². The Morgan fingerprint density at radius 1 is 0.914 bits per heavy atom. The van der Waals surface area contributed by atoms with E-state index in [-0.39, 0.29) is 36.9 Å². The third-order valence-corrected chi connectivity index (χ3v) is 7.09. The van der Waals surface area contributed by atoms with Crippen LogP contribution in [0.15, 0.2) is 60.7 Å². The highest BCUT2D eigenvalue weighted by Gasteiger charge is 2.32. The highest BCUT2D eigenvalue weighted by Crippen LogP contribution is 2.44. The molecule has 2 amide bonds. The number of nitrogens with one attached hydrogen (secondary N) is 1. The molecule has 2 aromatic rings. The van der Waals surface area contributed by atoms with Gasteiger partial charge in [0.15, 0.2) is 0 Å². The predicted molar refractivity (Wildman–Crippen MR) is 130 cm³/mol. The van der Waals surface area contributed by atoms with Crippen LogP contribution in [0.4, 0.5) is 4.79 Å². The second kappa shape index (κ2) is 9.92. The summed E-state index contributed by atoms with van der Waals surface area (Å²) in [6, 6.07) is 16.2. The fourth-order valence-corrected chi connectivity index (χ4v) is 5.33. The lowest BCUT2D eigenvalue weighted by atomic mass is 9.98. The molecule has 2 N–H and O–H groups in total. The van der Waals surface area contributed by atoms with E-state index in [1.54, 1.807) is 4.90 Å². The van der Waals surface area contributed by atoms with Gasteiger partial charge in [-0.15, -0.1) is 0 Å². The first kappa shape index (κ1) is 23.1. The van der Waals surface area contributed by atoms with Crippen molar-refractivity contribution in [2.45, 2.75) is 18.4 Å². The number of piperazine rings is 1. The zero-order valence-corrected chi connectivity index (χ0v) is 19.4. The molecule has 1 heterocycles. The van der Waals surface area contributed by atoms with Crippen LogP contribution in [0, 0.1) is 5.92 Å². The van der Waals surface area contributed by atoms with Crippen LogP contribution in [0.1, 0.15) is 23.5 Å². The Balaban J connectivity index is 1.11. The van der Waals surface area contributed by atoms with Gasteiger partial charge >= 0.3 is 12.1 Å². The minimum atomic E-state index is -0.856. The van der Waals surface area contributed by atoms with E-state index < -0.39 is 12.1 Å². The lowest BCUT2D eigenvalue weighted by molar-refractivity contribution is -0.140. The number of carboxylic acid groups (broad SMARTS) is 1. The van der Waals surface area contributed by atoms with Gasteiger partial charge in [0.2, 0.25) is 5.91 Å². The molecule has 2 unspecified atom stereocenters. The molecule has 0 aromatic heterocycles. The summed E-state index contributed by atoms with van der Waals surface area (Å²) in [4.78, 5) is 39.9. The number of aliphatic carboxylic acids is 1. The van der Waals surface area contributed by atoms with E-state index in [0.29, 0.717) is 32.6 Å². The highest BCUT2D eigenvalue weighted by molar-refractivity contribution is 5.82. The maximum atomic E-state index is 12.9. The Labute approximate surface area is 204 Å². The minimum Gasteiger partial charge on any atom is -0.480 e. The van der Waals surface area contributed by atoms with Crippen molar-refractivity contribution in [2.75, 3.05) is 39.3 Å². The van der Waals surface area contributed by atoms with E-state index in [4.69, 9.17) is 9.84 Å². The molecule has 0 radical (unpaired) electrons. The summed E-state index contributed by atoms with van der Waals surface area (Å²) in [5.74, 6) is -1.12. The maximum absolute atomic E-state index is 12.9. The van der Waals surface area contributed by atoms with Crippen molar-refractivity contribution in [3.05, 3.63) is 71.8 Å². The van der Waals surface area contributed by atoms with Gasteiger partial charge in [0, 0.05) is 32.1 Å². The second-order valence-corrected chi connectivity index (χ2v) is 9.30. The molecule has 8 heteroatoms. The molecule has 3 aliphatic rings. The first-order chi connectivity index (χ1) is 17.0. The number of carboxylic acids is 1. The molecule has 35 heavy (non-hydrogen) atoms. The van der Waals surface area contributed by atoms with Crippen LogP contribution in [0.5, 0.6) is 0 Å². The fraction of sp³-hybridized carbons (Fsp3) is 0.370. The van der Waals surface area contributed by atoms with Gasteiger partial charge in [-0.05, 0) is 28.7 Å². The number of ether oxygens (including phenoxy) is 1. The molecule has 2 aliphatic carbocycles. The standard InChI is InChI=1S/C27H29N3O5/c31-25(32)16-29-11-13-30(14-12-29)26(33)18-9-10-19(15-18)28-27(34)35-17-24-22-7-3-1-5-20(22)21-6-2-4-8-23(21)24/h1-10,18-19,24H,11-17H2,(H,28,34)(H,31,32). The zero-order chi connectivity index (χ0) is 24.4. The summed E-state index contributed by atoms with van der Waals surface area (Å²) in [6.07, 6.45) is 3.71. The van der Waals surface area contributed by atoms with Crippen LogP contribution >= 0.6 is 0 Å². The molecular formula is C27H29N3O5.